The molecule has 3 nitrogen and oxygen atoms in total. The fourth-order valence-electron chi connectivity index (χ4n) is 2.55. The van der Waals surface area contributed by atoms with Gasteiger partial charge in [0.2, 0.25) is 0 Å². The van der Waals surface area contributed by atoms with Crippen LogP contribution in [0.25, 0.3) is 0 Å². The first-order valence-electron chi connectivity index (χ1n) is 6.62. The van der Waals surface area contributed by atoms with Gasteiger partial charge in [-0.05, 0) is 50.6 Å². The van der Waals surface area contributed by atoms with E-state index in [0.717, 1.165) is 18.7 Å². The van der Waals surface area contributed by atoms with Crippen LogP contribution in [0.15, 0.2) is 18.2 Å². The zero-order valence-electron chi connectivity index (χ0n) is 10.9. The van der Waals surface area contributed by atoms with Crippen molar-refractivity contribution >= 4 is 0 Å². The summed E-state index contributed by atoms with van der Waals surface area (Å²) < 4.78 is 19.0. The van der Waals surface area contributed by atoms with Crippen molar-refractivity contribution in [2.45, 2.75) is 25.8 Å². The number of halogens is 1. The van der Waals surface area contributed by atoms with Gasteiger partial charge in [-0.1, -0.05) is 6.07 Å². The molecule has 0 aliphatic carbocycles. The fourth-order valence-corrected chi connectivity index (χ4v) is 2.55. The first-order chi connectivity index (χ1) is 8.76. The molecule has 0 saturated carbocycles. The predicted molar refractivity (Wildman–Crippen MR) is 70.2 cm³/mol. The van der Waals surface area contributed by atoms with Crippen LogP contribution in [0.2, 0.25) is 0 Å². The van der Waals surface area contributed by atoms with Gasteiger partial charge in [0.25, 0.3) is 0 Å². The van der Waals surface area contributed by atoms with Crippen LogP contribution < -0.4 is 10.5 Å². The van der Waals surface area contributed by atoms with Crippen molar-refractivity contribution in [3.63, 3.8) is 0 Å². The second-order valence-electron chi connectivity index (χ2n) is 4.62. The number of hydrogen-bond donors (Lipinski definition) is 1. The summed E-state index contributed by atoms with van der Waals surface area (Å²) in [5.41, 5.74) is 6.78. The third-order valence-electron chi connectivity index (χ3n) is 3.45. The van der Waals surface area contributed by atoms with Crippen molar-refractivity contribution in [3.8, 4) is 5.75 Å². The molecule has 0 amide bonds. The normalized spacial score (nSPS) is 17.9. The summed E-state index contributed by atoms with van der Waals surface area (Å²) >= 11 is 0. The Hall–Kier alpha value is -1.13. The number of rotatable bonds is 5. The maximum Gasteiger partial charge on any atom is 0.165 e. The molecule has 1 aliphatic heterocycles. The maximum absolute atomic E-state index is 13.8. The van der Waals surface area contributed by atoms with E-state index in [4.69, 9.17) is 10.5 Å². The predicted octanol–water partition coefficient (Wildman–Crippen LogP) is 2.32. The Bertz CT molecular complexity index is 391. The first kappa shape index (κ1) is 13.3. The molecule has 1 aliphatic rings. The third-order valence-corrected chi connectivity index (χ3v) is 3.45. The molecule has 1 aromatic rings. The van der Waals surface area contributed by atoms with Gasteiger partial charge in [-0.3, -0.25) is 4.90 Å². The van der Waals surface area contributed by atoms with Crippen LogP contribution in [0.5, 0.6) is 5.75 Å². The molecule has 0 aromatic heterocycles. The highest BCUT2D eigenvalue weighted by Crippen LogP contribution is 2.27. The van der Waals surface area contributed by atoms with E-state index in [1.165, 1.54) is 12.8 Å². The Morgan fingerprint density at radius 1 is 1.39 bits per heavy atom. The van der Waals surface area contributed by atoms with Crippen LogP contribution in [0.1, 0.15) is 31.4 Å². The van der Waals surface area contributed by atoms with Crippen LogP contribution >= 0.6 is 0 Å². The highest BCUT2D eigenvalue weighted by atomic mass is 19.1. The molecule has 2 rings (SSSR count). The number of nitrogens with zero attached hydrogens (tertiary/aromatic N) is 1. The minimum absolute atomic E-state index is 0.123. The molecule has 4 heteroatoms. The molecule has 1 aromatic carbocycles. The van der Waals surface area contributed by atoms with Crippen molar-refractivity contribution in [1.29, 1.82) is 0 Å². The van der Waals surface area contributed by atoms with Crippen LogP contribution in [-0.2, 0) is 0 Å². The molecule has 0 spiro atoms. The molecular weight excluding hydrogens is 231 g/mol. The van der Waals surface area contributed by atoms with Crippen LogP contribution in [0, 0.1) is 5.82 Å². The highest BCUT2D eigenvalue weighted by Gasteiger charge is 2.22. The van der Waals surface area contributed by atoms with E-state index in [1.54, 1.807) is 12.1 Å². The Morgan fingerprint density at radius 2 is 2.11 bits per heavy atom. The van der Waals surface area contributed by atoms with Crippen molar-refractivity contribution in [3.05, 3.63) is 29.6 Å². The molecule has 0 radical (unpaired) electrons. The zero-order chi connectivity index (χ0) is 13.0. The maximum atomic E-state index is 13.8. The summed E-state index contributed by atoms with van der Waals surface area (Å²) in [5.74, 6) is 0.0189. The molecule has 100 valence electrons. The Labute approximate surface area is 108 Å². The van der Waals surface area contributed by atoms with Gasteiger partial charge >= 0.3 is 0 Å². The standard InChI is InChI=1S/C14H21FN2O/c1-2-18-14-6-5-11(9-12(14)15)13(10-16)17-7-3-4-8-17/h5-6,9,13H,2-4,7-8,10,16H2,1H3. The highest BCUT2D eigenvalue weighted by molar-refractivity contribution is 5.31. The van der Waals surface area contributed by atoms with E-state index >= 15 is 0 Å². The van der Waals surface area contributed by atoms with Gasteiger partial charge in [0.15, 0.2) is 11.6 Å². The summed E-state index contributed by atoms with van der Waals surface area (Å²) in [6.45, 7) is 4.95. The van der Waals surface area contributed by atoms with Crippen LogP contribution in [0.4, 0.5) is 4.39 Å². The monoisotopic (exact) mass is 252 g/mol. The minimum atomic E-state index is -0.299. The molecule has 1 saturated heterocycles. The van der Waals surface area contributed by atoms with Gasteiger partial charge in [0.1, 0.15) is 0 Å². The molecule has 2 N–H and O–H groups in total. The number of benzene rings is 1. The lowest BCUT2D eigenvalue weighted by Crippen LogP contribution is -2.31. The Balaban J connectivity index is 2.17. The number of nitrogens with two attached hydrogens (primary N) is 1. The zero-order valence-corrected chi connectivity index (χ0v) is 10.9. The molecule has 1 atom stereocenters. The van der Waals surface area contributed by atoms with Crippen molar-refractivity contribution in [1.82, 2.24) is 4.90 Å². The Kier molecular flexibility index (Phi) is 4.55. The molecule has 1 unspecified atom stereocenters. The van der Waals surface area contributed by atoms with E-state index in [1.807, 2.05) is 13.0 Å². The second-order valence-corrected chi connectivity index (χ2v) is 4.62. The van der Waals surface area contributed by atoms with Crippen LogP contribution in [-0.4, -0.2) is 31.1 Å². The summed E-state index contributed by atoms with van der Waals surface area (Å²) in [4.78, 5) is 2.33. The third kappa shape index (κ3) is 2.82. The van der Waals surface area contributed by atoms with Gasteiger partial charge in [-0.25, -0.2) is 4.39 Å². The van der Waals surface area contributed by atoms with Crippen molar-refractivity contribution in [2.75, 3.05) is 26.2 Å². The average molecular weight is 252 g/mol. The van der Waals surface area contributed by atoms with Gasteiger partial charge in [0, 0.05) is 12.6 Å². The summed E-state index contributed by atoms with van der Waals surface area (Å²) in [7, 11) is 0. The minimum Gasteiger partial charge on any atom is -0.491 e. The van der Waals surface area contributed by atoms with Gasteiger partial charge in [0.05, 0.1) is 6.61 Å². The SMILES string of the molecule is CCOc1ccc(C(CN)N2CCCC2)cc1F. The van der Waals surface area contributed by atoms with Gasteiger partial charge < -0.3 is 10.5 Å². The van der Waals surface area contributed by atoms with E-state index in [9.17, 15) is 4.39 Å². The van der Waals surface area contributed by atoms with E-state index in [-0.39, 0.29) is 11.9 Å². The summed E-state index contributed by atoms with van der Waals surface area (Å²) in [6, 6.07) is 5.30. The quantitative estimate of drug-likeness (QED) is 0.874. The molecule has 1 heterocycles. The molecule has 18 heavy (non-hydrogen) atoms. The number of ether oxygens (including phenoxy) is 1. The average Bonchev–Trinajstić information content (AvgIpc) is 2.87. The fraction of sp³-hybridized carbons (Fsp3) is 0.571. The van der Waals surface area contributed by atoms with E-state index in [0.29, 0.717) is 18.9 Å². The largest absolute Gasteiger partial charge is 0.491 e. The van der Waals surface area contributed by atoms with E-state index in [2.05, 4.69) is 4.90 Å². The lowest BCUT2D eigenvalue weighted by Gasteiger charge is -2.26. The lowest BCUT2D eigenvalue weighted by atomic mass is 10.1. The number of likely N-dealkylation sites (tertiary alicyclic amines) is 1. The van der Waals surface area contributed by atoms with Gasteiger partial charge in [-0.15, -0.1) is 0 Å². The summed E-state index contributed by atoms with van der Waals surface area (Å²) in [5, 5.41) is 0. The smallest absolute Gasteiger partial charge is 0.165 e. The lowest BCUT2D eigenvalue weighted by molar-refractivity contribution is 0.250. The topological polar surface area (TPSA) is 38.5 Å². The van der Waals surface area contributed by atoms with E-state index < -0.39 is 0 Å². The molecule has 0 bridgehead atoms. The summed E-state index contributed by atoms with van der Waals surface area (Å²) in [6.07, 6.45) is 2.41. The molecule has 1 fully saturated rings. The first-order valence-corrected chi connectivity index (χ1v) is 6.62. The van der Waals surface area contributed by atoms with Crippen molar-refractivity contribution < 1.29 is 9.13 Å². The second kappa shape index (κ2) is 6.16. The van der Waals surface area contributed by atoms with Gasteiger partial charge in [-0.2, -0.15) is 0 Å². The number of hydrogen-bond acceptors (Lipinski definition) is 3. The molecular formula is C14H21FN2O. The van der Waals surface area contributed by atoms with Crippen molar-refractivity contribution in [2.24, 2.45) is 5.73 Å². The van der Waals surface area contributed by atoms with Crippen LogP contribution in [0.3, 0.4) is 0 Å². The Morgan fingerprint density at radius 3 is 2.67 bits per heavy atom.